The molecule has 0 N–H and O–H groups in total. The molecular weight excluding hydrogens is 294 g/mol. The maximum atomic E-state index is 12.4. The van der Waals surface area contributed by atoms with Crippen molar-refractivity contribution in [1.29, 1.82) is 0 Å². The Morgan fingerprint density at radius 1 is 1.26 bits per heavy atom. The summed E-state index contributed by atoms with van der Waals surface area (Å²) in [6, 6.07) is 9.77. The minimum atomic E-state index is -0.461. The molecule has 6 heteroatoms. The highest BCUT2D eigenvalue weighted by Crippen LogP contribution is 2.28. The van der Waals surface area contributed by atoms with E-state index in [9.17, 15) is 4.79 Å². The molecule has 1 aromatic carbocycles. The van der Waals surface area contributed by atoms with Crippen LogP contribution in [-0.2, 0) is 11.3 Å². The van der Waals surface area contributed by atoms with Crippen molar-refractivity contribution in [2.45, 2.75) is 20.5 Å². The van der Waals surface area contributed by atoms with Gasteiger partial charge in [-0.15, -0.1) is 0 Å². The fourth-order valence-electron chi connectivity index (χ4n) is 2.37. The molecule has 6 nitrogen and oxygen atoms in total. The second-order valence-corrected chi connectivity index (χ2v) is 5.04. The molecule has 0 radical (unpaired) electrons. The van der Waals surface area contributed by atoms with E-state index in [-0.39, 0.29) is 6.61 Å². The topological polar surface area (TPSA) is 65.7 Å². The summed E-state index contributed by atoms with van der Waals surface area (Å²) in [5, 5.41) is 4.08. The molecular formula is C17H17N3O3. The first kappa shape index (κ1) is 15.0. The van der Waals surface area contributed by atoms with Crippen molar-refractivity contribution in [3.05, 3.63) is 59.5 Å². The van der Waals surface area contributed by atoms with Gasteiger partial charge in [-0.1, -0.05) is 30.3 Å². The van der Waals surface area contributed by atoms with Crippen LogP contribution in [0.4, 0.5) is 0 Å². The van der Waals surface area contributed by atoms with Crippen LogP contribution in [0.3, 0.4) is 0 Å². The fourth-order valence-corrected chi connectivity index (χ4v) is 2.37. The van der Waals surface area contributed by atoms with Gasteiger partial charge in [0.15, 0.2) is 5.65 Å². The minimum absolute atomic E-state index is 0.283. The van der Waals surface area contributed by atoms with Crippen LogP contribution in [-0.4, -0.2) is 27.2 Å². The highest BCUT2D eigenvalue weighted by Gasteiger charge is 2.22. The molecule has 0 aliphatic rings. The minimum Gasteiger partial charge on any atom is -0.488 e. The van der Waals surface area contributed by atoms with E-state index >= 15 is 0 Å². The Kier molecular flexibility index (Phi) is 4.23. The van der Waals surface area contributed by atoms with Crippen molar-refractivity contribution in [2.75, 3.05) is 6.61 Å². The zero-order valence-corrected chi connectivity index (χ0v) is 13.0. The van der Waals surface area contributed by atoms with Crippen LogP contribution in [0, 0.1) is 6.92 Å². The maximum absolute atomic E-state index is 12.4. The molecule has 0 aliphatic heterocycles. The number of benzene rings is 1. The first-order valence-electron chi connectivity index (χ1n) is 7.37. The molecule has 0 unspecified atom stereocenters. The second-order valence-electron chi connectivity index (χ2n) is 5.04. The molecule has 0 spiro atoms. The maximum Gasteiger partial charge on any atom is 0.345 e. The van der Waals surface area contributed by atoms with Crippen LogP contribution in [0.15, 0.2) is 42.9 Å². The van der Waals surface area contributed by atoms with Gasteiger partial charge in [-0.3, -0.25) is 0 Å². The van der Waals surface area contributed by atoms with Crippen molar-refractivity contribution < 1.29 is 14.3 Å². The highest BCUT2D eigenvalue weighted by molar-refractivity contribution is 5.99. The third-order valence-electron chi connectivity index (χ3n) is 3.40. The number of rotatable bonds is 5. The van der Waals surface area contributed by atoms with Gasteiger partial charge in [0.2, 0.25) is 0 Å². The molecule has 3 aromatic rings. The molecule has 0 aliphatic carbocycles. The lowest BCUT2D eigenvalue weighted by molar-refractivity contribution is 0.0522. The summed E-state index contributed by atoms with van der Waals surface area (Å²) in [5.74, 6) is 0.0186. The SMILES string of the molecule is CCOC(=O)c1c(OCc2ccccc2)c(C)cn2ncnc12. The summed E-state index contributed by atoms with van der Waals surface area (Å²) in [6.45, 7) is 4.27. The van der Waals surface area contributed by atoms with E-state index in [0.717, 1.165) is 11.1 Å². The van der Waals surface area contributed by atoms with Gasteiger partial charge >= 0.3 is 5.97 Å². The van der Waals surface area contributed by atoms with E-state index < -0.39 is 5.97 Å². The summed E-state index contributed by atoms with van der Waals surface area (Å²) in [7, 11) is 0. The van der Waals surface area contributed by atoms with Gasteiger partial charge in [-0.05, 0) is 19.4 Å². The number of aromatic nitrogens is 3. The van der Waals surface area contributed by atoms with Crippen LogP contribution >= 0.6 is 0 Å². The Bertz CT molecular complexity index is 828. The molecule has 23 heavy (non-hydrogen) atoms. The average Bonchev–Trinajstić information content (AvgIpc) is 3.01. The largest absolute Gasteiger partial charge is 0.488 e. The Labute approximate surface area is 133 Å². The third-order valence-corrected chi connectivity index (χ3v) is 3.40. The van der Waals surface area contributed by atoms with Crippen molar-refractivity contribution >= 4 is 11.6 Å². The third kappa shape index (κ3) is 3.01. The van der Waals surface area contributed by atoms with E-state index in [1.54, 1.807) is 17.6 Å². The van der Waals surface area contributed by atoms with E-state index in [4.69, 9.17) is 9.47 Å². The lowest BCUT2D eigenvalue weighted by Gasteiger charge is -2.14. The van der Waals surface area contributed by atoms with Crippen molar-refractivity contribution in [3.63, 3.8) is 0 Å². The first-order chi connectivity index (χ1) is 11.2. The van der Waals surface area contributed by atoms with Crippen molar-refractivity contribution in [3.8, 4) is 5.75 Å². The van der Waals surface area contributed by atoms with Gasteiger partial charge in [0.25, 0.3) is 0 Å². The number of fused-ring (bicyclic) bond motifs is 1. The van der Waals surface area contributed by atoms with Crippen molar-refractivity contribution in [2.24, 2.45) is 0 Å². The Morgan fingerprint density at radius 2 is 2.04 bits per heavy atom. The van der Waals surface area contributed by atoms with Gasteiger partial charge in [-0.25, -0.2) is 14.3 Å². The first-order valence-corrected chi connectivity index (χ1v) is 7.37. The van der Waals surface area contributed by atoms with Crippen LogP contribution in [0.5, 0.6) is 5.75 Å². The average molecular weight is 311 g/mol. The smallest absolute Gasteiger partial charge is 0.345 e. The lowest BCUT2D eigenvalue weighted by Crippen LogP contribution is -2.12. The van der Waals surface area contributed by atoms with Crippen LogP contribution < -0.4 is 4.74 Å². The number of hydrogen-bond acceptors (Lipinski definition) is 5. The van der Waals surface area contributed by atoms with Gasteiger partial charge in [-0.2, -0.15) is 5.10 Å². The Balaban J connectivity index is 2.01. The molecule has 0 saturated carbocycles. The van der Waals surface area contributed by atoms with Crippen LogP contribution in [0.1, 0.15) is 28.4 Å². The molecule has 0 bridgehead atoms. The number of carbonyl (C=O) groups excluding carboxylic acids is 1. The van der Waals surface area contributed by atoms with E-state index in [1.165, 1.54) is 6.33 Å². The number of nitrogens with zero attached hydrogens (tertiary/aromatic N) is 3. The summed E-state index contributed by atoms with van der Waals surface area (Å²) in [4.78, 5) is 16.5. The monoisotopic (exact) mass is 311 g/mol. The second kappa shape index (κ2) is 6.48. The van der Waals surface area contributed by atoms with Gasteiger partial charge in [0.05, 0.1) is 6.61 Å². The summed E-state index contributed by atoms with van der Waals surface area (Å²) in [5.41, 5.74) is 2.54. The zero-order valence-electron chi connectivity index (χ0n) is 13.0. The quantitative estimate of drug-likeness (QED) is 0.678. The van der Waals surface area contributed by atoms with E-state index in [1.807, 2.05) is 37.3 Å². The predicted molar refractivity (Wildman–Crippen MR) is 84.5 cm³/mol. The molecule has 0 atom stereocenters. The number of carbonyl (C=O) groups is 1. The standard InChI is InChI=1S/C17H17N3O3/c1-3-22-17(21)14-15(23-10-13-7-5-4-6-8-13)12(2)9-20-16(14)18-11-19-20/h4-9,11H,3,10H2,1-2H3. The summed E-state index contributed by atoms with van der Waals surface area (Å²) < 4.78 is 12.6. The number of hydrogen-bond donors (Lipinski definition) is 0. The highest BCUT2D eigenvalue weighted by atomic mass is 16.5. The van der Waals surface area contributed by atoms with E-state index in [0.29, 0.717) is 23.6 Å². The normalized spacial score (nSPS) is 10.7. The zero-order chi connectivity index (χ0) is 16.2. The summed E-state index contributed by atoms with van der Waals surface area (Å²) in [6.07, 6.45) is 3.18. The molecule has 2 heterocycles. The number of aryl methyl sites for hydroxylation is 1. The Morgan fingerprint density at radius 3 is 2.78 bits per heavy atom. The molecule has 2 aromatic heterocycles. The van der Waals surface area contributed by atoms with Gasteiger partial charge < -0.3 is 9.47 Å². The number of esters is 1. The van der Waals surface area contributed by atoms with E-state index in [2.05, 4.69) is 10.1 Å². The van der Waals surface area contributed by atoms with Gasteiger partial charge in [0.1, 0.15) is 24.2 Å². The predicted octanol–water partition coefficient (Wildman–Crippen LogP) is 2.79. The molecule has 118 valence electrons. The molecule has 3 rings (SSSR count). The van der Waals surface area contributed by atoms with Gasteiger partial charge in [0, 0.05) is 11.8 Å². The number of ether oxygens (including phenoxy) is 2. The van der Waals surface area contributed by atoms with Crippen molar-refractivity contribution in [1.82, 2.24) is 14.6 Å². The Hall–Kier alpha value is -2.89. The van der Waals surface area contributed by atoms with Crippen LogP contribution in [0.25, 0.3) is 5.65 Å². The molecule has 0 fully saturated rings. The summed E-state index contributed by atoms with van der Waals surface area (Å²) >= 11 is 0. The number of pyridine rings is 1. The lowest BCUT2D eigenvalue weighted by atomic mass is 10.1. The molecule has 0 saturated heterocycles. The molecule has 0 amide bonds. The fraction of sp³-hybridized carbons (Fsp3) is 0.235. The van der Waals surface area contributed by atoms with Crippen LogP contribution in [0.2, 0.25) is 0 Å².